The van der Waals surface area contributed by atoms with Crippen molar-refractivity contribution in [3.63, 3.8) is 0 Å². The molecular formula is C14H19NO2. The van der Waals surface area contributed by atoms with E-state index in [0.717, 1.165) is 11.6 Å². The van der Waals surface area contributed by atoms with Gasteiger partial charge in [0.05, 0.1) is 12.2 Å². The van der Waals surface area contributed by atoms with Crippen molar-refractivity contribution in [2.75, 3.05) is 11.9 Å². The molecule has 0 radical (unpaired) electrons. The van der Waals surface area contributed by atoms with Gasteiger partial charge < -0.3 is 10.1 Å². The van der Waals surface area contributed by atoms with Crippen molar-refractivity contribution in [1.29, 1.82) is 0 Å². The maximum absolute atomic E-state index is 11.4. The van der Waals surface area contributed by atoms with Gasteiger partial charge in [-0.05, 0) is 49.9 Å². The maximum Gasteiger partial charge on any atom is 0.338 e. The summed E-state index contributed by atoms with van der Waals surface area (Å²) in [6.07, 6.45) is 2.47. The van der Waals surface area contributed by atoms with Gasteiger partial charge in [0.1, 0.15) is 0 Å². The molecule has 3 nitrogen and oxygen atoms in total. The number of esters is 1. The molecule has 1 fully saturated rings. The lowest BCUT2D eigenvalue weighted by Gasteiger charge is -2.34. The quantitative estimate of drug-likeness (QED) is 0.812. The lowest BCUT2D eigenvalue weighted by Crippen LogP contribution is -2.33. The first-order valence-corrected chi connectivity index (χ1v) is 6.22. The lowest BCUT2D eigenvalue weighted by molar-refractivity contribution is 0.0526. The predicted octanol–water partition coefficient (Wildman–Crippen LogP) is 3.07. The van der Waals surface area contributed by atoms with Crippen LogP contribution in [-0.2, 0) is 4.74 Å². The van der Waals surface area contributed by atoms with Crippen LogP contribution in [0.5, 0.6) is 0 Å². The summed E-state index contributed by atoms with van der Waals surface area (Å²) in [6, 6.07) is 8.09. The SMILES string of the molecule is CCOC(=O)c1ccc(NC2CC(C)C2)cc1. The zero-order valence-corrected chi connectivity index (χ0v) is 10.4. The minimum absolute atomic E-state index is 0.253. The highest BCUT2D eigenvalue weighted by Gasteiger charge is 2.24. The molecular weight excluding hydrogens is 214 g/mol. The van der Waals surface area contributed by atoms with Crippen molar-refractivity contribution in [2.45, 2.75) is 32.7 Å². The largest absolute Gasteiger partial charge is 0.462 e. The number of benzene rings is 1. The van der Waals surface area contributed by atoms with Gasteiger partial charge >= 0.3 is 5.97 Å². The maximum atomic E-state index is 11.4. The lowest BCUT2D eigenvalue weighted by atomic mass is 9.82. The van der Waals surface area contributed by atoms with Gasteiger partial charge in [-0.1, -0.05) is 6.92 Å². The van der Waals surface area contributed by atoms with Crippen LogP contribution >= 0.6 is 0 Å². The van der Waals surface area contributed by atoms with Crippen LogP contribution < -0.4 is 5.32 Å². The molecule has 3 heteroatoms. The molecule has 0 unspecified atom stereocenters. The molecule has 1 aliphatic rings. The fourth-order valence-electron chi connectivity index (χ4n) is 2.17. The van der Waals surface area contributed by atoms with Gasteiger partial charge in [0, 0.05) is 11.7 Å². The molecule has 0 saturated heterocycles. The second kappa shape index (κ2) is 5.21. The van der Waals surface area contributed by atoms with E-state index < -0.39 is 0 Å². The number of hydrogen-bond acceptors (Lipinski definition) is 3. The van der Waals surface area contributed by atoms with Crippen molar-refractivity contribution in [2.24, 2.45) is 5.92 Å². The highest BCUT2D eigenvalue weighted by molar-refractivity contribution is 5.89. The standard InChI is InChI=1S/C14H19NO2/c1-3-17-14(16)11-4-6-12(7-5-11)15-13-8-10(2)9-13/h4-7,10,13,15H,3,8-9H2,1-2H3. The molecule has 0 atom stereocenters. The van der Waals surface area contributed by atoms with Crippen molar-refractivity contribution in [1.82, 2.24) is 0 Å². The minimum atomic E-state index is -0.253. The van der Waals surface area contributed by atoms with E-state index in [1.54, 1.807) is 0 Å². The molecule has 1 aromatic carbocycles. The van der Waals surface area contributed by atoms with Crippen LogP contribution in [0.3, 0.4) is 0 Å². The van der Waals surface area contributed by atoms with Crippen LogP contribution in [0, 0.1) is 5.92 Å². The number of nitrogens with one attached hydrogen (secondary N) is 1. The Morgan fingerprint density at radius 2 is 2.00 bits per heavy atom. The minimum Gasteiger partial charge on any atom is -0.462 e. The number of anilines is 1. The third-order valence-corrected chi connectivity index (χ3v) is 3.14. The normalized spacial score (nSPS) is 22.7. The third kappa shape index (κ3) is 2.99. The van der Waals surface area contributed by atoms with Gasteiger partial charge in [-0.15, -0.1) is 0 Å². The van der Waals surface area contributed by atoms with E-state index in [4.69, 9.17) is 4.74 Å². The summed E-state index contributed by atoms with van der Waals surface area (Å²) in [5, 5.41) is 3.45. The van der Waals surface area contributed by atoms with Crippen LogP contribution in [0.1, 0.15) is 37.0 Å². The van der Waals surface area contributed by atoms with Crippen LogP contribution in [0.15, 0.2) is 24.3 Å². The van der Waals surface area contributed by atoms with Gasteiger partial charge in [0.2, 0.25) is 0 Å². The smallest absolute Gasteiger partial charge is 0.338 e. The Bertz CT molecular complexity index is 380. The molecule has 0 aliphatic heterocycles. The van der Waals surface area contributed by atoms with Crippen LogP contribution in [0.2, 0.25) is 0 Å². The predicted molar refractivity (Wildman–Crippen MR) is 68.2 cm³/mol. The summed E-state index contributed by atoms with van der Waals surface area (Å²) in [5.41, 5.74) is 1.69. The fraction of sp³-hybridized carbons (Fsp3) is 0.500. The first-order chi connectivity index (χ1) is 8.19. The van der Waals surface area contributed by atoms with E-state index in [9.17, 15) is 4.79 Å². The number of carbonyl (C=O) groups excluding carboxylic acids is 1. The van der Waals surface area contributed by atoms with E-state index in [-0.39, 0.29) is 5.97 Å². The highest BCUT2D eigenvalue weighted by Crippen LogP contribution is 2.29. The Labute approximate surface area is 102 Å². The molecule has 2 rings (SSSR count). The topological polar surface area (TPSA) is 38.3 Å². The first kappa shape index (κ1) is 12.0. The van der Waals surface area contributed by atoms with Crippen LogP contribution in [-0.4, -0.2) is 18.6 Å². The molecule has 0 aromatic heterocycles. The van der Waals surface area contributed by atoms with Crippen molar-refractivity contribution < 1.29 is 9.53 Å². The zero-order chi connectivity index (χ0) is 12.3. The summed E-state index contributed by atoms with van der Waals surface area (Å²) < 4.78 is 4.94. The first-order valence-electron chi connectivity index (χ1n) is 6.22. The summed E-state index contributed by atoms with van der Waals surface area (Å²) in [7, 11) is 0. The Morgan fingerprint density at radius 3 is 2.53 bits per heavy atom. The summed E-state index contributed by atoms with van der Waals surface area (Å²) in [4.78, 5) is 11.4. The molecule has 0 amide bonds. The van der Waals surface area contributed by atoms with Crippen molar-refractivity contribution >= 4 is 11.7 Å². The van der Waals surface area contributed by atoms with Gasteiger partial charge in [0.25, 0.3) is 0 Å². The van der Waals surface area contributed by atoms with Crippen LogP contribution in [0.25, 0.3) is 0 Å². The fourth-order valence-corrected chi connectivity index (χ4v) is 2.17. The number of ether oxygens (including phenoxy) is 1. The van der Waals surface area contributed by atoms with Gasteiger partial charge in [0.15, 0.2) is 0 Å². The Kier molecular flexibility index (Phi) is 3.67. The van der Waals surface area contributed by atoms with Crippen LogP contribution in [0.4, 0.5) is 5.69 Å². The number of rotatable bonds is 4. The molecule has 1 aromatic rings. The summed E-state index contributed by atoms with van der Waals surface area (Å²) >= 11 is 0. The van der Waals surface area contributed by atoms with E-state index in [1.165, 1.54) is 12.8 Å². The molecule has 0 spiro atoms. The van der Waals surface area contributed by atoms with E-state index >= 15 is 0 Å². The molecule has 92 valence electrons. The highest BCUT2D eigenvalue weighted by atomic mass is 16.5. The van der Waals surface area contributed by atoms with Crippen molar-refractivity contribution in [3.05, 3.63) is 29.8 Å². The van der Waals surface area contributed by atoms with Gasteiger partial charge in [-0.3, -0.25) is 0 Å². The summed E-state index contributed by atoms with van der Waals surface area (Å²) in [6.45, 7) is 4.49. The average Bonchev–Trinajstić information content (AvgIpc) is 2.28. The number of carbonyl (C=O) groups is 1. The van der Waals surface area contributed by atoms with E-state index in [1.807, 2.05) is 31.2 Å². The van der Waals surface area contributed by atoms with E-state index in [0.29, 0.717) is 18.2 Å². The monoisotopic (exact) mass is 233 g/mol. The molecule has 0 heterocycles. The summed E-state index contributed by atoms with van der Waals surface area (Å²) in [5.74, 6) is 0.586. The van der Waals surface area contributed by atoms with E-state index in [2.05, 4.69) is 12.2 Å². The van der Waals surface area contributed by atoms with Gasteiger partial charge in [-0.2, -0.15) is 0 Å². The Hall–Kier alpha value is -1.51. The Morgan fingerprint density at radius 1 is 1.35 bits per heavy atom. The molecule has 1 aliphatic carbocycles. The second-order valence-electron chi connectivity index (χ2n) is 4.72. The Balaban J connectivity index is 1.91. The van der Waals surface area contributed by atoms with Gasteiger partial charge in [-0.25, -0.2) is 4.79 Å². The van der Waals surface area contributed by atoms with Crippen molar-refractivity contribution in [3.8, 4) is 0 Å². The molecule has 17 heavy (non-hydrogen) atoms. The number of hydrogen-bond donors (Lipinski definition) is 1. The third-order valence-electron chi connectivity index (χ3n) is 3.14. The average molecular weight is 233 g/mol. The zero-order valence-electron chi connectivity index (χ0n) is 10.4. The molecule has 0 bridgehead atoms. The second-order valence-corrected chi connectivity index (χ2v) is 4.72. The molecule has 1 N–H and O–H groups in total. The molecule has 1 saturated carbocycles.